The highest BCUT2D eigenvalue weighted by atomic mass is 32.2. The Kier molecular flexibility index (Phi) is 3.52. The van der Waals surface area contributed by atoms with E-state index in [-0.39, 0.29) is 0 Å². The molecule has 0 saturated carbocycles. The van der Waals surface area contributed by atoms with Gasteiger partial charge in [-0.1, -0.05) is 0 Å². The fourth-order valence-corrected chi connectivity index (χ4v) is 3.05. The summed E-state index contributed by atoms with van der Waals surface area (Å²) in [5.41, 5.74) is 1.50. The number of hydrogen-bond donors (Lipinski definition) is 0. The lowest BCUT2D eigenvalue weighted by Crippen LogP contribution is -2.08. The Balaban J connectivity index is 2.06. The first-order valence-corrected chi connectivity index (χ1v) is 6.39. The lowest BCUT2D eigenvalue weighted by atomic mass is 10.3. The molecule has 1 saturated heterocycles. The molecule has 0 amide bonds. The number of nitrogens with zero attached hydrogens (tertiary/aromatic N) is 3. The molecule has 0 N–H and O–H groups in total. The predicted molar refractivity (Wildman–Crippen MR) is 62.4 cm³/mol. The van der Waals surface area contributed by atoms with Crippen LogP contribution in [0, 0.1) is 18.3 Å². The summed E-state index contributed by atoms with van der Waals surface area (Å²) in [5.74, 6) is 0.910. The van der Waals surface area contributed by atoms with Crippen LogP contribution in [0.15, 0.2) is 5.03 Å². The lowest BCUT2D eigenvalue weighted by molar-refractivity contribution is 0.129. The van der Waals surface area contributed by atoms with Gasteiger partial charge in [-0.15, -0.1) is 11.8 Å². The zero-order valence-corrected chi connectivity index (χ0v) is 10.4. The average Bonchev–Trinajstić information content (AvgIpc) is 2.83. The summed E-state index contributed by atoms with van der Waals surface area (Å²) < 4.78 is 7.35. The molecule has 4 nitrogen and oxygen atoms in total. The van der Waals surface area contributed by atoms with E-state index in [0.29, 0.717) is 11.7 Å². The minimum Gasteiger partial charge on any atom is -0.377 e. The average molecular weight is 237 g/mol. The van der Waals surface area contributed by atoms with E-state index in [9.17, 15) is 0 Å². The standard InChI is InChI=1S/C11H15N3OS/c1-8-10(6-12)11(14(2)13-8)16-7-9-4-3-5-15-9/h9H,3-5,7H2,1-2H3. The minimum atomic E-state index is 0.340. The van der Waals surface area contributed by atoms with Crippen LogP contribution < -0.4 is 0 Å². The second-order valence-electron chi connectivity index (χ2n) is 3.95. The third kappa shape index (κ3) is 2.23. The van der Waals surface area contributed by atoms with Crippen LogP contribution >= 0.6 is 11.8 Å². The van der Waals surface area contributed by atoms with Crippen LogP contribution in [-0.2, 0) is 11.8 Å². The fourth-order valence-electron chi connectivity index (χ4n) is 1.88. The van der Waals surface area contributed by atoms with E-state index in [2.05, 4.69) is 11.2 Å². The smallest absolute Gasteiger partial charge is 0.112 e. The second-order valence-corrected chi connectivity index (χ2v) is 4.96. The van der Waals surface area contributed by atoms with E-state index in [0.717, 1.165) is 35.9 Å². The number of ether oxygens (including phenoxy) is 1. The second kappa shape index (κ2) is 4.89. The van der Waals surface area contributed by atoms with Crippen LogP contribution in [0.4, 0.5) is 0 Å². The molecular weight excluding hydrogens is 222 g/mol. The maximum atomic E-state index is 9.06. The molecule has 0 spiro atoms. The van der Waals surface area contributed by atoms with E-state index in [1.54, 1.807) is 16.4 Å². The van der Waals surface area contributed by atoms with Crippen molar-refractivity contribution in [3.63, 3.8) is 0 Å². The van der Waals surface area contributed by atoms with Crippen molar-refractivity contribution in [3.8, 4) is 6.07 Å². The molecule has 0 bridgehead atoms. The minimum absolute atomic E-state index is 0.340. The number of aromatic nitrogens is 2. The molecule has 0 aliphatic carbocycles. The highest BCUT2D eigenvalue weighted by molar-refractivity contribution is 7.99. The summed E-state index contributed by atoms with van der Waals surface area (Å²) in [6, 6.07) is 2.22. The van der Waals surface area contributed by atoms with Crippen molar-refractivity contribution < 1.29 is 4.74 Å². The van der Waals surface area contributed by atoms with Gasteiger partial charge in [0, 0.05) is 19.4 Å². The summed E-state index contributed by atoms with van der Waals surface area (Å²) in [6.07, 6.45) is 2.62. The third-order valence-electron chi connectivity index (χ3n) is 2.71. The molecule has 86 valence electrons. The number of nitriles is 1. The van der Waals surface area contributed by atoms with Gasteiger partial charge in [0.05, 0.1) is 11.8 Å². The van der Waals surface area contributed by atoms with Gasteiger partial charge in [-0.2, -0.15) is 10.4 Å². The zero-order chi connectivity index (χ0) is 11.5. The van der Waals surface area contributed by atoms with Gasteiger partial charge in [0.2, 0.25) is 0 Å². The maximum absolute atomic E-state index is 9.06. The summed E-state index contributed by atoms with van der Waals surface area (Å²) in [6.45, 7) is 2.75. The number of hydrogen-bond acceptors (Lipinski definition) is 4. The Hall–Kier alpha value is -0.990. The molecule has 1 aliphatic rings. The van der Waals surface area contributed by atoms with Crippen molar-refractivity contribution in [1.82, 2.24) is 9.78 Å². The molecule has 1 atom stereocenters. The quantitative estimate of drug-likeness (QED) is 0.753. The fraction of sp³-hybridized carbons (Fsp3) is 0.636. The molecule has 1 aliphatic heterocycles. The topological polar surface area (TPSA) is 50.8 Å². The zero-order valence-electron chi connectivity index (χ0n) is 9.56. The molecule has 2 heterocycles. The molecular formula is C11H15N3OS. The molecule has 0 radical (unpaired) electrons. The van der Waals surface area contributed by atoms with Crippen molar-refractivity contribution in [2.45, 2.75) is 30.9 Å². The normalized spacial score (nSPS) is 19.9. The summed E-state index contributed by atoms with van der Waals surface area (Å²) >= 11 is 1.67. The van der Waals surface area contributed by atoms with Gasteiger partial charge in [0.1, 0.15) is 16.7 Å². The van der Waals surface area contributed by atoms with E-state index >= 15 is 0 Å². The van der Waals surface area contributed by atoms with Gasteiger partial charge in [-0.25, -0.2) is 0 Å². The highest BCUT2D eigenvalue weighted by Crippen LogP contribution is 2.27. The van der Waals surface area contributed by atoms with Gasteiger partial charge >= 0.3 is 0 Å². The Labute approximate surface area is 99.6 Å². The van der Waals surface area contributed by atoms with Gasteiger partial charge in [-0.05, 0) is 19.8 Å². The molecule has 1 aromatic rings. The van der Waals surface area contributed by atoms with E-state index in [4.69, 9.17) is 10.00 Å². The number of thioether (sulfide) groups is 1. The largest absolute Gasteiger partial charge is 0.377 e. The molecule has 1 unspecified atom stereocenters. The van der Waals surface area contributed by atoms with Gasteiger partial charge < -0.3 is 4.74 Å². The third-order valence-corrected chi connectivity index (χ3v) is 3.99. The lowest BCUT2D eigenvalue weighted by Gasteiger charge is -2.08. The molecule has 1 fully saturated rings. The van der Waals surface area contributed by atoms with Crippen LogP contribution in [-0.4, -0.2) is 28.2 Å². The highest BCUT2D eigenvalue weighted by Gasteiger charge is 2.19. The molecule has 1 aromatic heterocycles. The Morgan fingerprint density at radius 2 is 2.50 bits per heavy atom. The summed E-state index contributed by atoms with van der Waals surface area (Å²) in [4.78, 5) is 0. The van der Waals surface area contributed by atoms with Gasteiger partial charge in [0.15, 0.2) is 0 Å². The Bertz CT molecular complexity index is 416. The number of rotatable bonds is 3. The SMILES string of the molecule is Cc1nn(C)c(SCC2CCCO2)c1C#N. The van der Waals surface area contributed by atoms with Crippen LogP contribution in [0.1, 0.15) is 24.1 Å². The number of aryl methyl sites for hydroxylation is 2. The first-order chi connectivity index (χ1) is 7.72. The first-order valence-electron chi connectivity index (χ1n) is 5.40. The van der Waals surface area contributed by atoms with Crippen LogP contribution in [0.25, 0.3) is 0 Å². The van der Waals surface area contributed by atoms with Crippen LogP contribution in [0.3, 0.4) is 0 Å². The van der Waals surface area contributed by atoms with Crippen molar-refractivity contribution in [2.75, 3.05) is 12.4 Å². The van der Waals surface area contributed by atoms with E-state index < -0.39 is 0 Å². The van der Waals surface area contributed by atoms with Crippen molar-refractivity contribution in [3.05, 3.63) is 11.3 Å². The maximum Gasteiger partial charge on any atom is 0.112 e. The summed E-state index contributed by atoms with van der Waals surface area (Å²) in [5, 5.41) is 14.3. The first kappa shape index (κ1) is 11.5. The van der Waals surface area contributed by atoms with E-state index in [1.165, 1.54) is 0 Å². The molecule has 5 heteroatoms. The van der Waals surface area contributed by atoms with Crippen molar-refractivity contribution in [2.24, 2.45) is 7.05 Å². The van der Waals surface area contributed by atoms with Crippen LogP contribution in [0.2, 0.25) is 0 Å². The van der Waals surface area contributed by atoms with Crippen LogP contribution in [0.5, 0.6) is 0 Å². The van der Waals surface area contributed by atoms with Gasteiger partial charge in [-0.3, -0.25) is 4.68 Å². The Morgan fingerprint density at radius 3 is 3.12 bits per heavy atom. The molecule has 2 rings (SSSR count). The monoisotopic (exact) mass is 237 g/mol. The summed E-state index contributed by atoms with van der Waals surface area (Å²) in [7, 11) is 1.88. The predicted octanol–water partition coefficient (Wildman–Crippen LogP) is 1.87. The molecule has 0 aromatic carbocycles. The molecule has 16 heavy (non-hydrogen) atoms. The Morgan fingerprint density at radius 1 is 1.69 bits per heavy atom. The van der Waals surface area contributed by atoms with Crippen molar-refractivity contribution in [1.29, 1.82) is 5.26 Å². The van der Waals surface area contributed by atoms with E-state index in [1.807, 2.05) is 14.0 Å². The van der Waals surface area contributed by atoms with Gasteiger partial charge in [0.25, 0.3) is 0 Å². The van der Waals surface area contributed by atoms with Crippen molar-refractivity contribution >= 4 is 11.8 Å².